The Bertz CT molecular complexity index is 1300. The second-order valence-electron chi connectivity index (χ2n) is 8.89. The van der Waals surface area contributed by atoms with Crippen LogP contribution in [-0.4, -0.2) is 58.7 Å². The smallest absolute Gasteiger partial charge is 0.286 e. The van der Waals surface area contributed by atoms with Crippen LogP contribution in [0.25, 0.3) is 17.3 Å². The van der Waals surface area contributed by atoms with Gasteiger partial charge in [0.05, 0.1) is 29.6 Å². The first-order chi connectivity index (χ1) is 17.4. The summed E-state index contributed by atoms with van der Waals surface area (Å²) in [5.41, 5.74) is 7.52. The number of benzene rings is 2. The Kier molecular flexibility index (Phi) is 7.32. The van der Waals surface area contributed by atoms with E-state index in [1.165, 1.54) is 0 Å². The summed E-state index contributed by atoms with van der Waals surface area (Å²) in [6, 6.07) is 13.0. The van der Waals surface area contributed by atoms with E-state index in [0.717, 1.165) is 28.1 Å². The van der Waals surface area contributed by atoms with Gasteiger partial charge in [0.1, 0.15) is 5.75 Å². The minimum absolute atomic E-state index is 0.293. The Morgan fingerprint density at radius 1 is 1.17 bits per heavy atom. The fourth-order valence-corrected chi connectivity index (χ4v) is 5.05. The number of aliphatic hydroxyl groups is 1. The van der Waals surface area contributed by atoms with Gasteiger partial charge in [-0.3, -0.25) is 10.2 Å². The molecule has 1 aromatic heterocycles. The molecule has 2 aliphatic rings. The highest BCUT2D eigenvalue weighted by atomic mass is 35.5. The first-order valence-electron chi connectivity index (χ1n) is 11.8. The number of amides is 1. The van der Waals surface area contributed by atoms with Gasteiger partial charge in [0.15, 0.2) is 5.69 Å². The van der Waals surface area contributed by atoms with Crippen molar-refractivity contribution in [3.05, 3.63) is 75.0 Å². The lowest BCUT2D eigenvalue weighted by Crippen LogP contribution is -2.48. The van der Waals surface area contributed by atoms with Crippen LogP contribution < -0.4 is 15.5 Å². The number of halogens is 2. The number of ether oxygens (including phenoxy) is 1. The number of aliphatic hydroxyl groups excluding tert-OH is 1. The predicted molar refractivity (Wildman–Crippen MR) is 140 cm³/mol. The second kappa shape index (κ2) is 10.6. The van der Waals surface area contributed by atoms with Crippen LogP contribution >= 0.6 is 23.2 Å². The van der Waals surface area contributed by atoms with Gasteiger partial charge in [0, 0.05) is 36.8 Å². The molecule has 1 fully saturated rings. The molecule has 0 atom stereocenters. The summed E-state index contributed by atoms with van der Waals surface area (Å²) in [6.45, 7) is 2.25. The third kappa shape index (κ3) is 5.14. The van der Waals surface area contributed by atoms with Crippen molar-refractivity contribution in [2.45, 2.75) is 25.5 Å². The number of hydrazine groups is 1. The minimum Gasteiger partial charge on any atom is -0.497 e. The number of piperidine rings is 1. The molecule has 3 aromatic rings. The lowest BCUT2D eigenvalue weighted by molar-refractivity contribution is 0.0463. The monoisotopic (exact) mass is 527 g/mol. The molecule has 10 heteroatoms. The Balaban J connectivity index is 1.57. The van der Waals surface area contributed by atoms with E-state index in [1.807, 2.05) is 29.3 Å². The molecule has 36 heavy (non-hydrogen) atoms. The maximum Gasteiger partial charge on any atom is 0.286 e. The largest absolute Gasteiger partial charge is 0.497 e. The van der Waals surface area contributed by atoms with E-state index >= 15 is 0 Å². The lowest BCUT2D eigenvalue weighted by Gasteiger charge is -2.29. The van der Waals surface area contributed by atoms with Gasteiger partial charge < -0.3 is 15.2 Å². The number of rotatable bonds is 5. The summed E-state index contributed by atoms with van der Waals surface area (Å²) in [5.74, 6) is 0.487. The molecule has 3 N–H and O–H groups in total. The summed E-state index contributed by atoms with van der Waals surface area (Å²) in [4.78, 5) is 13.4. The van der Waals surface area contributed by atoms with Crippen LogP contribution in [0, 0.1) is 0 Å². The van der Waals surface area contributed by atoms with Crippen LogP contribution in [0.3, 0.4) is 0 Å². The van der Waals surface area contributed by atoms with E-state index in [2.05, 4.69) is 16.8 Å². The Hall–Kier alpha value is -2.88. The van der Waals surface area contributed by atoms with Gasteiger partial charge in [-0.15, -0.1) is 0 Å². The molecule has 5 rings (SSSR count). The summed E-state index contributed by atoms with van der Waals surface area (Å²) in [5, 5.41) is 20.7. The predicted octanol–water partition coefficient (Wildman–Crippen LogP) is 3.93. The van der Waals surface area contributed by atoms with Crippen LogP contribution in [0.4, 0.5) is 0 Å². The summed E-state index contributed by atoms with van der Waals surface area (Å²) >= 11 is 12.7. The Morgan fingerprint density at radius 3 is 2.61 bits per heavy atom. The highest BCUT2D eigenvalue weighted by Crippen LogP contribution is 2.33. The molecule has 8 nitrogen and oxygen atoms in total. The van der Waals surface area contributed by atoms with Crippen molar-refractivity contribution in [3.63, 3.8) is 0 Å². The minimum atomic E-state index is -0.327. The summed E-state index contributed by atoms with van der Waals surface area (Å²) in [7, 11) is 1.64. The lowest BCUT2D eigenvalue weighted by atomic mass is 9.99. The maximum absolute atomic E-state index is 13.4. The molecule has 0 unspecified atom stereocenters. The molecule has 1 saturated heterocycles. The number of aromatic nitrogens is 2. The van der Waals surface area contributed by atoms with E-state index in [4.69, 9.17) is 33.0 Å². The van der Waals surface area contributed by atoms with E-state index in [1.54, 1.807) is 30.0 Å². The molecule has 0 aliphatic carbocycles. The first kappa shape index (κ1) is 24.8. The molecule has 2 aromatic carbocycles. The number of hydrogen-bond donors (Lipinski definition) is 3. The van der Waals surface area contributed by atoms with Crippen molar-refractivity contribution in [2.24, 2.45) is 0 Å². The van der Waals surface area contributed by atoms with Crippen LogP contribution in [-0.2, 0) is 6.54 Å². The number of carbonyl (C=O) groups is 1. The number of hydrogen-bond acceptors (Lipinski definition) is 6. The van der Waals surface area contributed by atoms with E-state index in [9.17, 15) is 9.90 Å². The van der Waals surface area contributed by atoms with E-state index in [0.29, 0.717) is 60.4 Å². The molecule has 0 saturated carbocycles. The van der Waals surface area contributed by atoms with Crippen LogP contribution in [0.15, 0.2) is 42.5 Å². The van der Waals surface area contributed by atoms with Crippen molar-refractivity contribution < 1.29 is 14.6 Å². The number of nitrogens with zero attached hydrogens (tertiary/aromatic N) is 3. The molecule has 0 radical (unpaired) electrons. The average Bonchev–Trinajstić information content (AvgIpc) is 3.26. The van der Waals surface area contributed by atoms with Crippen LogP contribution in [0.5, 0.6) is 5.75 Å². The fourth-order valence-electron chi connectivity index (χ4n) is 4.56. The van der Waals surface area contributed by atoms with Crippen molar-refractivity contribution in [1.29, 1.82) is 0 Å². The first-order valence-corrected chi connectivity index (χ1v) is 12.6. The van der Waals surface area contributed by atoms with Crippen molar-refractivity contribution in [2.75, 3.05) is 26.7 Å². The van der Waals surface area contributed by atoms with Gasteiger partial charge >= 0.3 is 0 Å². The third-order valence-corrected chi connectivity index (χ3v) is 6.98. The maximum atomic E-state index is 13.4. The summed E-state index contributed by atoms with van der Waals surface area (Å²) < 4.78 is 7.01. The standard InChI is InChI=1S/C26H27Cl2N5O3/c1-36-20-5-2-16(3-6-20)12-17-14-29-15-21-24(26(35)31-32-10-8-19(34)9-11-32)30-33(25(17)21)23-7-4-18(27)13-22(23)28/h2-7,12-13,19,29,34H,8-11,14-15H2,1H3,(H,31,35). The van der Waals surface area contributed by atoms with E-state index < -0.39 is 0 Å². The van der Waals surface area contributed by atoms with Crippen molar-refractivity contribution >= 4 is 40.8 Å². The zero-order chi connectivity index (χ0) is 25.2. The van der Waals surface area contributed by atoms with Crippen molar-refractivity contribution in [3.8, 4) is 11.4 Å². The highest BCUT2D eigenvalue weighted by Gasteiger charge is 2.30. The second-order valence-corrected chi connectivity index (χ2v) is 9.73. The number of fused-ring (bicyclic) bond motifs is 1. The van der Waals surface area contributed by atoms with Gasteiger partial charge in [0.25, 0.3) is 5.91 Å². The van der Waals surface area contributed by atoms with Gasteiger partial charge in [-0.1, -0.05) is 35.3 Å². The number of carbonyl (C=O) groups excluding carboxylic acids is 1. The normalized spacial score (nSPS) is 17.7. The zero-order valence-electron chi connectivity index (χ0n) is 19.8. The molecular formula is C26H27Cl2N5O3. The number of nitrogens with one attached hydrogen (secondary N) is 2. The van der Waals surface area contributed by atoms with Crippen LogP contribution in [0.2, 0.25) is 10.0 Å². The topological polar surface area (TPSA) is 91.7 Å². The summed E-state index contributed by atoms with van der Waals surface area (Å²) in [6.07, 6.45) is 2.97. The van der Waals surface area contributed by atoms with Gasteiger partial charge in [0.2, 0.25) is 0 Å². The van der Waals surface area contributed by atoms with E-state index in [-0.39, 0.29) is 12.0 Å². The molecule has 0 spiro atoms. The molecule has 3 heterocycles. The highest BCUT2D eigenvalue weighted by molar-refractivity contribution is 6.35. The quantitative estimate of drug-likeness (QED) is 0.465. The molecule has 1 amide bonds. The molecule has 188 valence electrons. The van der Waals surface area contributed by atoms with Gasteiger partial charge in [-0.05, 0) is 60.4 Å². The number of methoxy groups -OCH3 is 1. The average molecular weight is 528 g/mol. The third-order valence-electron chi connectivity index (χ3n) is 6.44. The fraction of sp³-hybridized carbons (Fsp3) is 0.308. The molecular weight excluding hydrogens is 501 g/mol. The van der Waals surface area contributed by atoms with Gasteiger partial charge in [-0.25, -0.2) is 9.69 Å². The Labute approximate surface area is 219 Å². The Morgan fingerprint density at radius 2 is 1.92 bits per heavy atom. The van der Waals surface area contributed by atoms with Crippen molar-refractivity contribution in [1.82, 2.24) is 25.5 Å². The van der Waals surface area contributed by atoms with Crippen LogP contribution in [0.1, 0.15) is 40.2 Å². The molecule has 2 aliphatic heterocycles. The SMILES string of the molecule is COc1ccc(C=C2CNCc3c(C(=O)NN4CCC(O)CC4)nn(-c4ccc(Cl)cc4Cl)c32)cc1. The zero-order valence-corrected chi connectivity index (χ0v) is 21.3. The molecule has 0 bridgehead atoms. The van der Waals surface area contributed by atoms with Gasteiger partial charge in [-0.2, -0.15) is 5.10 Å².